The van der Waals surface area contributed by atoms with Crippen LogP contribution < -0.4 is 15.0 Å². The molecular formula is C37H40ClF2N7O3. The molecule has 13 heteroatoms. The van der Waals surface area contributed by atoms with Gasteiger partial charge in [-0.15, -0.1) is 0 Å². The Bertz CT molecular complexity index is 1970. The first-order chi connectivity index (χ1) is 24.3. The Hall–Kier alpha value is -3.70. The van der Waals surface area contributed by atoms with Crippen molar-refractivity contribution in [3.8, 4) is 29.1 Å². The van der Waals surface area contributed by atoms with Crippen LogP contribution in [-0.4, -0.2) is 119 Å². The molecule has 2 aromatic carbocycles. The molecule has 0 saturated carbocycles. The van der Waals surface area contributed by atoms with Crippen molar-refractivity contribution in [1.29, 1.82) is 0 Å². The zero-order valence-electron chi connectivity index (χ0n) is 27.9. The minimum Gasteiger partial charge on any atom is -0.461 e. The number of hydrogen-bond donors (Lipinski definition) is 2. The first-order valence-corrected chi connectivity index (χ1v) is 17.7. The zero-order chi connectivity index (χ0) is 34.4. The fraction of sp³-hybridized carbons (Fsp3) is 0.486. The van der Waals surface area contributed by atoms with Crippen molar-refractivity contribution in [1.82, 2.24) is 30.1 Å². The topological polar surface area (TPSA) is 99.1 Å². The lowest BCUT2D eigenvalue weighted by molar-refractivity contribution is 0.0587. The van der Waals surface area contributed by atoms with Crippen LogP contribution in [0.15, 0.2) is 42.6 Å². The molecule has 0 bridgehead atoms. The van der Waals surface area contributed by atoms with Crippen molar-refractivity contribution in [2.45, 2.75) is 55.8 Å². The monoisotopic (exact) mass is 703 g/mol. The van der Waals surface area contributed by atoms with Crippen molar-refractivity contribution < 1.29 is 23.4 Å². The lowest BCUT2D eigenvalue weighted by Crippen LogP contribution is -2.43. The number of rotatable bonds is 7. The molecule has 5 atom stereocenters. The number of aliphatic hydroxyl groups excluding tert-OH is 1. The van der Waals surface area contributed by atoms with Gasteiger partial charge < -0.3 is 24.8 Å². The van der Waals surface area contributed by atoms with Gasteiger partial charge in [0.2, 0.25) is 0 Å². The number of hydrogen-bond acceptors (Lipinski definition) is 10. The molecule has 2 aromatic heterocycles. The number of fused-ring (bicyclic) bond motifs is 3. The summed E-state index contributed by atoms with van der Waals surface area (Å²) in [6.45, 7) is 4.57. The van der Waals surface area contributed by atoms with Gasteiger partial charge in [-0.05, 0) is 37.3 Å². The number of morpholine rings is 1. The molecule has 0 amide bonds. The number of aliphatic hydroxyl groups is 1. The first kappa shape index (κ1) is 33.4. The minimum absolute atomic E-state index is 0.0248. The molecule has 0 radical (unpaired) electrons. The number of ether oxygens (including phenoxy) is 2. The Kier molecular flexibility index (Phi) is 9.22. The first-order valence-electron chi connectivity index (χ1n) is 17.3. The van der Waals surface area contributed by atoms with Crippen molar-refractivity contribution in [3.05, 3.63) is 53.4 Å². The third kappa shape index (κ3) is 6.25. The van der Waals surface area contributed by atoms with Crippen molar-refractivity contribution in [2.75, 3.05) is 64.4 Å². The highest BCUT2D eigenvalue weighted by Crippen LogP contribution is 2.41. The van der Waals surface area contributed by atoms with Gasteiger partial charge in [0.1, 0.15) is 35.9 Å². The highest BCUT2D eigenvalue weighted by Gasteiger charge is 2.49. The SMILES string of the molecule is CN(c1nc(OC[C@@]23CCCN2C[C@H](F)C3)nc2c(F)c(-c3cccc4cccc(Cl)c34)ncc12)[C@@H]1CCN(C(O)C#CC2CNCCO2)C1. The highest BCUT2D eigenvalue weighted by atomic mass is 35.5. The molecular weight excluding hydrogens is 664 g/mol. The third-order valence-electron chi connectivity index (χ3n) is 10.7. The maximum atomic E-state index is 16.8. The molecule has 4 aromatic rings. The molecule has 4 saturated heterocycles. The lowest BCUT2D eigenvalue weighted by atomic mass is 9.95. The van der Waals surface area contributed by atoms with Gasteiger partial charge in [0, 0.05) is 74.4 Å². The van der Waals surface area contributed by atoms with Crippen LogP contribution in [0.3, 0.4) is 0 Å². The number of benzene rings is 2. The van der Waals surface area contributed by atoms with Crippen LogP contribution >= 0.6 is 11.6 Å². The van der Waals surface area contributed by atoms with Crippen molar-refractivity contribution in [3.63, 3.8) is 0 Å². The average molecular weight is 704 g/mol. The average Bonchev–Trinajstić information content (AvgIpc) is 3.85. The number of anilines is 1. The van der Waals surface area contributed by atoms with Gasteiger partial charge in [-0.1, -0.05) is 53.8 Å². The summed E-state index contributed by atoms with van der Waals surface area (Å²) in [5, 5.41) is 16.7. The van der Waals surface area contributed by atoms with E-state index in [1.165, 1.54) is 0 Å². The van der Waals surface area contributed by atoms with Crippen molar-refractivity contribution >= 4 is 39.1 Å². The second-order valence-corrected chi connectivity index (χ2v) is 14.2. The van der Waals surface area contributed by atoms with E-state index >= 15 is 4.39 Å². The Morgan fingerprint density at radius 1 is 1.22 bits per heavy atom. The lowest BCUT2D eigenvalue weighted by Gasteiger charge is -2.31. The largest absolute Gasteiger partial charge is 0.461 e. The molecule has 4 aliphatic rings. The van der Waals surface area contributed by atoms with E-state index in [1.807, 2.05) is 41.1 Å². The normalized spacial score (nSPS) is 26.2. The second-order valence-electron chi connectivity index (χ2n) is 13.8. The van der Waals surface area contributed by atoms with Crippen LogP contribution in [0, 0.1) is 17.7 Å². The molecule has 8 rings (SSSR count). The molecule has 2 unspecified atom stereocenters. The van der Waals surface area contributed by atoms with Gasteiger partial charge in [0.15, 0.2) is 12.0 Å². The Morgan fingerprint density at radius 3 is 2.92 bits per heavy atom. The second kappa shape index (κ2) is 13.8. The molecule has 0 spiro atoms. The quantitative estimate of drug-likeness (QED) is 0.270. The summed E-state index contributed by atoms with van der Waals surface area (Å²) in [4.78, 5) is 20.1. The van der Waals surface area contributed by atoms with Gasteiger partial charge >= 0.3 is 6.01 Å². The molecule has 4 fully saturated rings. The number of aromatic nitrogens is 3. The predicted molar refractivity (Wildman–Crippen MR) is 189 cm³/mol. The summed E-state index contributed by atoms with van der Waals surface area (Å²) < 4.78 is 43.3. The van der Waals surface area contributed by atoms with Crippen LogP contribution in [-0.2, 0) is 4.74 Å². The van der Waals surface area contributed by atoms with E-state index in [2.05, 4.69) is 32.0 Å². The van der Waals surface area contributed by atoms with Gasteiger partial charge in [0.25, 0.3) is 0 Å². The number of halogens is 3. The summed E-state index contributed by atoms with van der Waals surface area (Å²) in [6.07, 6.45) is 2.40. The number of nitrogens with one attached hydrogen (secondary N) is 1. The summed E-state index contributed by atoms with van der Waals surface area (Å²) in [5.41, 5.74) is 0.327. The standard InChI is InChI=1S/C37H40ClF2N7O3/c1-45(25-11-15-46(21-25)30(48)10-9-26-18-41-13-16-49-26)35-28-19-42-33(27-7-2-5-23-6-3-8-29(38)31(23)27)32(40)34(28)43-36(44-35)50-22-37-12-4-14-47(37)20-24(39)17-37/h2-3,5-8,19,24-26,30,41,48H,4,11-18,20-22H2,1H3/t24-,25-,26?,30?,37+/m1/s1. The van der Waals surface area contributed by atoms with Crippen LogP contribution in [0.4, 0.5) is 14.6 Å². The van der Waals surface area contributed by atoms with E-state index in [-0.39, 0.29) is 36.0 Å². The number of alkyl halides is 1. The molecule has 0 aliphatic carbocycles. The maximum absolute atomic E-state index is 16.8. The van der Waals surface area contributed by atoms with Crippen LogP contribution in [0.25, 0.3) is 32.9 Å². The van der Waals surface area contributed by atoms with Gasteiger partial charge in [0.05, 0.1) is 17.5 Å². The van der Waals surface area contributed by atoms with E-state index in [1.54, 1.807) is 18.3 Å². The van der Waals surface area contributed by atoms with E-state index in [9.17, 15) is 9.50 Å². The van der Waals surface area contributed by atoms with Crippen molar-refractivity contribution in [2.24, 2.45) is 0 Å². The Morgan fingerprint density at radius 2 is 2.08 bits per heavy atom. The summed E-state index contributed by atoms with van der Waals surface area (Å²) in [7, 11) is 1.90. The molecule has 6 heterocycles. The highest BCUT2D eigenvalue weighted by molar-refractivity contribution is 6.36. The third-order valence-corrected chi connectivity index (χ3v) is 11.0. The molecule has 4 aliphatic heterocycles. The summed E-state index contributed by atoms with van der Waals surface area (Å²) in [6, 6.07) is 11.1. The zero-order valence-corrected chi connectivity index (χ0v) is 28.7. The molecule has 262 valence electrons. The fourth-order valence-electron chi connectivity index (χ4n) is 8.08. The number of likely N-dealkylation sites (tertiary alicyclic amines) is 1. The van der Waals surface area contributed by atoms with Gasteiger partial charge in [-0.25, -0.2) is 8.78 Å². The van der Waals surface area contributed by atoms with E-state index < -0.39 is 23.8 Å². The smallest absolute Gasteiger partial charge is 0.319 e. The molecule has 2 N–H and O–H groups in total. The minimum atomic E-state index is -0.950. The van der Waals surface area contributed by atoms with Gasteiger partial charge in [-0.3, -0.25) is 14.8 Å². The number of likely N-dealkylation sites (N-methyl/N-ethyl adjacent to an activating group) is 1. The Labute approximate surface area is 294 Å². The number of nitrogens with zero attached hydrogens (tertiary/aromatic N) is 6. The van der Waals surface area contributed by atoms with E-state index in [4.69, 9.17) is 26.1 Å². The summed E-state index contributed by atoms with van der Waals surface area (Å²) in [5.74, 6) is 5.83. The number of pyridine rings is 1. The van der Waals surface area contributed by atoms with Gasteiger partial charge in [-0.2, -0.15) is 9.97 Å². The van der Waals surface area contributed by atoms with E-state index in [0.29, 0.717) is 66.4 Å². The Balaban J connectivity index is 1.14. The maximum Gasteiger partial charge on any atom is 0.319 e. The molecule has 10 nitrogen and oxygen atoms in total. The van der Waals surface area contributed by atoms with E-state index in [0.717, 1.165) is 37.7 Å². The van der Waals surface area contributed by atoms with Crippen LogP contribution in [0.5, 0.6) is 6.01 Å². The summed E-state index contributed by atoms with van der Waals surface area (Å²) >= 11 is 6.63. The fourth-order valence-corrected chi connectivity index (χ4v) is 8.36. The molecule has 50 heavy (non-hydrogen) atoms. The van der Waals surface area contributed by atoms with Crippen LogP contribution in [0.2, 0.25) is 5.02 Å². The van der Waals surface area contributed by atoms with Crippen LogP contribution in [0.1, 0.15) is 25.7 Å². The predicted octanol–water partition coefficient (Wildman–Crippen LogP) is 4.41.